The molecular weight excluding hydrogens is 170 g/mol. The van der Waals surface area contributed by atoms with Gasteiger partial charge in [-0.05, 0) is 29.5 Å². The predicted octanol–water partition coefficient (Wildman–Crippen LogP) is 3.36. The van der Waals surface area contributed by atoms with Gasteiger partial charge in [-0.25, -0.2) is 0 Å². The Bertz CT molecular complexity index is 318. The lowest BCUT2D eigenvalue weighted by Crippen LogP contribution is -2.14. The summed E-state index contributed by atoms with van der Waals surface area (Å²) in [7, 11) is 4.16. The molecule has 0 atom stereocenters. The van der Waals surface area contributed by atoms with Gasteiger partial charge in [0.25, 0.3) is 0 Å². The molecule has 14 heavy (non-hydrogen) atoms. The van der Waals surface area contributed by atoms with Crippen LogP contribution in [0.1, 0.15) is 31.9 Å². The Hall–Kier alpha value is -0.980. The second-order valence-electron chi connectivity index (χ2n) is 5.15. The molecule has 0 amide bonds. The van der Waals surface area contributed by atoms with Gasteiger partial charge in [-0.3, -0.25) is 0 Å². The van der Waals surface area contributed by atoms with E-state index in [1.54, 1.807) is 0 Å². The molecule has 0 saturated heterocycles. The maximum Gasteiger partial charge on any atom is 0.0390 e. The average Bonchev–Trinajstić information content (AvgIpc) is 2.01. The first-order valence-electron chi connectivity index (χ1n) is 5.11. The molecule has 1 aromatic carbocycles. The number of hydrogen-bond acceptors (Lipinski definition) is 1. The van der Waals surface area contributed by atoms with E-state index in [1.807, 2.05) is 0 Å². The molecule has 0 N–H and O–H groups in total. The van der Waals surface area contributed by atoms with Crippen LogP contribution < -0.4 is 4.90 Å². The summed E-state index contributed by atoms with van der Waals surface area (Å²) >= 11 is 0. The molecule has 0 saturated carbocycles. The Labute approximate surface area is 87.7 Å². The molecule has 0 aromatic heterocycles. The van der Waals surface area contributed by atoms with E-state index in [2.05, 4.69) is 64.9 Å². The zero-order chi connectivity index (χ0) is 10.9. The first-order valence-corrected chi connectivity index (χ1v) is 5.11. The van der Waals surface area contributed by atoms with Crippen molar-refractivity contribution < 1.29 is 0 Å². The minimum Gasteiger partial charge on any atom is -0.377 e. The fraction of sp³-hybridized carbons (Fsp3) is 0.538. The van der Waals surface area contributed by atoms with Crippen molar-refractivity contribution in [2.75, 3.05) is 19.0 Å². The minimum absolute atomic E-state index is 0.246. The van der Waals surface area contributed by atoms with Gasteiger partial charge >= 0.3 is 0 Å². The Morgan fingerprint density at radius 3 is 2.00 bits per heavy atom. The van der Waals surface area contributed by atoms with Gasteiger partial charge in [0.15, 0.2) is 0 Å². The standard InChI is InChI=1S/C13H21N/c1-10-9-11(13(2,3)4)7-8-12(10)14(5)6/h7-9H,1-6H3. The van der Waals surface area contributed by atoms with Crippen molar-refractivity contribution in [3.8, 4) is 0 Å². The summed E-state index contributed by atoms with van der Waals surface area (Å²) in [4.78, 5) is 2.15. The van der Waals surface area contributed by atoms with Crippen molar-refractivity contribution in [1.82, 2.24) is 0 Å². The third-order valence-electron chi connectivity index (χ3n) is 2.54. The van der Waals surface area contributed by atoms with Crippen LogP contribution in [0, 0.1) is 6.92 Å². The van der Waals surface area contributed by atoms with E-state index in [1.165, 1.54) is 16.8 Å². The second-order valence-corrected chi connectivity index (χ2v) is 5.15. The van der Waals surface area contributed by atoms with Crippen LogP contribution in [0.3, 0.4) is 0 Å². The van der Waals surface area contributed by atoms with Crippen molar-refractivity contribution in [2.24, 2.45) is 0 Å². The van der Waals surface area contributed by atoms with E-state index >= 15 is 0 Å². The van der Waals surface area contributed by atoms with Crippen LogP contribution in [0.25, 0.3) is 0 Å². The first-order chi connectivity index (χ1) is 6.32. The minimum atomic E-state index is 0.246. The van der Waals surface area contributed by atoms with Crippen LogP contribution >= 0.6 is 0 Å². The highest BCUT2D eigenvalue weighted by Gasteiger charge is 2.14. The highest BCUT2D eigenvalue weighted by molar-refractivity contribution is 5.54. The van der Waals surface area contributed by atoms with Gasteiger partial charge in [0.2, 0.25) is 0 Å². The molecular formula is C13H21N. The predicted molar refractivity (Wildman–Crippen MR) is 64.2 cm³/mol. The molecule has 0 fully saturated rings. The van der Waals surface area contributed by atoms with Gasteiger partial charge in [-0.2, -0.15) is 0 Å². The molecule has 1 nitrogen and oxygen atoms in total. The largest absolute Gasteiger partial charge is 0.377 e. The number of hydrogen-bond donors (Lipinski definition) is 0. The van der Waals surface area contributed by atoms with Gasteiger partial charge < -0.3 is 4.90 Å². The summed E-state index contributed by atoms with van der Waals surface area (Å²) in [5, 5.41) is 0. The SMILES string of the molecule is Cc1cc(C(C)(C)C)ccc1N(C)C. The lowest BCUT2D eigenvalue weighted by Gasteiger charge is -2.22. The lowest BCUT2D eigenvalue weighted by atomic mass is 9.86. The van der Waals surface area contributed by atoms with E-state index in [-0.39, 0.29) is 5.41 Å². The maximum atomic E-state index is 2.29. The second kappa shape index (κ2) is 3.64. The lowest BCUT2D eigenvalue weighted by molar-refractivity contribution is 0.589. The van der Waals surface area contributed by atoms with Crippen molar-refractivity contribution in [2.45, 2.75) is 33.1 Å². The van der Waals surface area contributed by atoms with Gasteiger partial charge in [0.05, 0.1) is 0 Å². The molecule has 1 heteroatoms. The third kappa shape index (κ3) is 2.28. The van der Waals surface area contributed by atoms with Crippen molar-refractivity contribution in [1.29, 1.82) is 0 Å². The van der Waals surface area contributed by atoms with E-state index in [4.69, 9.17) is 0 Å². The van der Waals surface area contributed by atoms with Crippen molar-refractivity contribution in [3.05, 3.63) is 29.3 Å². The molecule has 0 aliphatic rings. The Morgan fingerprint density at radius 2 is 1.64 bits per heavy atom. The summed E-state index contributed by atoms with van der Waals surface area (Å²) in [6.07, 6.45) is 0. The molecule has 1 rings (SSSR count). The number of anilines is 1. The van der Waals surface area contributed by atoms with Gasteiger partial charge in [-0.1, -0.05) is 32.9 Å². The van der Waals surface area contributed by atoms with E-state index < -0.39 is 0 Å². The van der Waals surface area contributed by atoms with E-state index in [0.717, 1.165) is 0 Å². The number of rotatable bonds is 1. The molecule has 0 radical (unpaired) electrons. The van der Waals surface area contributed by atoms with Gasteiger partial charge in [0, 0.05) is 19.8 Å². The van der Waals surface area contributed by atoms with E-state index in [9.17, 15) is 0 Å². The number of nitrogens with zero attached hydrogens (tertiary/aromatic N) is 1. The molecule has 0 unspecified atom stereocenters. The van der Waals surface area contributed by atoms with E-state index in [0.29, 0.717) is 0 Å². The van der Waals surface area contributed by atoms with Crippen molar-refractivity contribution >= 4 is 5.69 Å². The average molecular weight is 191 g/mol. The Morgan fingerprint density at radius 1 is 1.07 bits per heavy atom. The third-order valence-corrected chi connectivity index (χ3v) is 2.54. The topological polar surface area (TPSA) is 3.24 Å². The zero-order valence-electron chi connectivity index (χ0n) is 10.2. The Balaban J connectivity index is 3.13. The summed E-state index contributed by atoms with van der Waals surface area (Å²) < 4.78 is 0. The quantitative estimate of drug-likeness (QED) is 0.658. The van der Waals surface area contributed by atoms with Gasteiger partial charge in [0.1, 0.15) is 0 Å². The van der Waals surface area contributed by atoms with Gasteiger partial charge in [-0.15, -0.1) is 0 Å². The number of benzene rings is 1. The smallest absolute Gasteiger partial charge is 0.0390 e. The van der Waals surface area contributed by atoms with Crippen LogP contribution in [0.2, 0.25) is 0 Å². The summed E-state index contributed by atoms with van der Waals surface area (Å²) in [5.74, 6) is 0. The molecule has 0 aliphatic carbocycles. The summed E-state index contributed by atoms with van der Waals surface area (Å²) in [6, 6.07) is 6.72. The summed E-state index contributed by atoms with van der Waals surface area (Å²) in [6.45, 7) is 8.91. The van der Waals surface area contributed by atoms with Crippen LogP contribution in [0.5, 0.6) is 0 Å². The summed E-state index contributed by atoms with van der Waals surface area (Å²) in [5.41, 5.74) is 4.30. The first kappa shape index (κ1) is 11.1. The Kier molecular flexibility index (Phi) is 2.89. The highest BCUT2D eigenvalue weighted by Crippen LogP contribution is 2.27. The van der Waals surface area contributed by atoms with Crippen LogP contribution in [-0.4, -0.2) is 14.1 Å². The van der Waals surface area contributed by atoms with Crippen LogP contribution in [0.4, 0.5) is 5.69 Å². The number of aryl methyl sites for hydroxylation is 1. The molecule has 0 heterocycles. The molecule has 0 bridgehead atoms. The maximum absolute atomic E-state index is 2.29. The fourth-order valence-corrected chi connectivity index (χ4v) is 1.62. The van der Waals surface area contributed by atoms with Crippen LogP contribution in [-0.2, 0) is 5.41 Å². The highest BCUT2D eigenvalue weighted by atomic mass is 15.1. The monoisotopic (exact) mass is 191 g/mol. The molecule has 0 spiro atoms. The van der Waals surface area contributed by atoms with Crippen molar-refractivity contribution in [3.63, 3.8) is 0 Å². The zero-order valence-corrected chi connectivity index (χ0v) is 10.2. The molecule has 0 aliphatic heterocycles. The van der Waals surface area contributed by atoms with Crippen LogP contribution in [0.15, 0.2) is 18.2 Å². The fourth-order valence-electron chi connectivity index (χ4n) is 1.62. The molecule has 1 aromatic rings. The normalized spacial score (nSPS) is 11.6. The molecule has 78 valence electrons.